The molecule has 0 saturated heterocycles. The summed E-state index contributed by atoms with van der Waals surface area (Å²) >= 11 is 2.59. The van der Waals surface area contributed by atoms with Crippen molar-refractivity contribution in [1.29, 1.82) is 5.41 Å². The SMILES string of the molecule is N=C(N)NCCCC(NC(=O)c1cc2ccccc2s1)C(=O)NCCCC(NC(=O)c1cc2ccccc2s1)C(=O)NCC(=O)O. The summed E-state index contributed by atoms with van der Waals surface area (Å²) < 4.78 is 1.86. The Morgan fingerprint density at radius 1 is 0.717 bits per heavy atom. The highest BCUT2D eigenvalue weighted by molar-refractivity contribution is 7.21. The highest BCUT2D eigenvalue weighted by atomic mass is 32.1. The number of guanidine groups is 1. The zero-order valence-electron chi connectivity index (χ0n) is 24.8. The Bertz CT molecular complexity index is 1670. The highest BCUT2D eigenvalue weighted by Gasteiger charge is 2.25. The Kier molecular flexibility index (Phi) is 12.0. The third-order valence-corrected chi connectivity index (χ3v) is 9.14. The normalized spacial score (nSPS) is 12.2. The van der Waals surface area contributed by atoms with Gasteiger partial charge in [-0.1, -0.05) is 36.4 Å². The lowest BCUT2D eigenvalue weighted by Crippen LogP contribution is -2.49. The molecule has 0 aliphatic rings. The number of benzene rings is 2. The van der Waals surface area contributed by atoms with Crippen LogP contribution in [0.15, 0.2) is 60.7 Å². The highest BCUT2D eigenvalue weighted by Crippen LogP contribution is 2.26. The molecule has 0 radical (unpaired) electrons. The molecule has 0 spiro atoms. The van der Waals surface area contributed by atoms with Gasteiger partial charge in [0.2, 0.25) is 11.8 Å². The molecule has 46 heavy (non-hydrogen) atoms. The lowest BCUT2D eigenvalue weighted by molar-refractivity contribution is -0.138. The van der Waals surface area contributed by atoms with Crippen molar-refractivity contribution >= 4 is 78.4 Å². The van der Waals surface area contributed by atoms with Crippen LogP contribution in [0.3, 0.4) is 0 Å². The predicted octanol–water partition coefficient (Wildman–Crippen LogP) is 2.37. The van der Waals surface area contributed by atoms with E-state index < -0.39 is 42.3 Å². The number of carbonyl (C=O) groups excluding carboxylic acids is 4. The van der Waals surface area contributed by atoms with Gasteiger partial charge in [-0.15, -0.1) is 22.7 Å². The van der Waals surface area contributed by atoms with Gasteiger partial charge in [-0.05, 0) is 60.7 Å². The van der Waals surface area contributed by atoms with Crippen LogP contribution in [0.5, 0.6) is 0 Å². The number of hydrogen-bond acceptors (Lipinski definition) is 8. The molecular weight excluding hydrogens is 631 g/mol. The first kappa shape index (κ1) is 33.9. The lowest BCUT2D eigenvalue weighted by Gasteiger charge is -2.20. The van der Waals surface area contributed by atoms with Crippen LogP contribution in [0.25, 0.3) is 20.2 Å². The van der Waals surface area contributed by atoms with Crippen molar-refractivity contribution in [3.05, 3.63) is 70.4 Å². The molecule has 15 heteroatoms. The minimum atomic E-state index is -1.22. The lowest BCUT2D eigenvalue weighted by atomic mass is 10.1. The van der Waals surface area contributed by atoms with E-state index in [-0.39, 0.29) is 37.7 Å². The molecule has 242 valence electrons. The number of amides is 4. The van der Waals surface area contributed by atoms with E-state index in [1.54, 1.807) is 12.1 Å². The fourth-order valence-corrected chi connectivity index (χ4v) is 6.57. The third kappa shape index (κ3) is 9.74. The number of carboxylic acids is 1. The van der Waals surface area contributed by atoms with Crippen molar-refractivity contribution in [3.63, 3.8) is 0 Å². The van der Waals surface area contributed by atoms with Crippen molar-refractivity contribution in [3.8, 4) is 0 Å². The molecule has 2 atom stereocenters. The zero-order valence-corrected chi connectivity index (χ0v) is 26.4. The van der Waals surface area contributed by atoms with Crippen LogP contribution in [-0.4, -0.2) is 72.4 Å². The molecule has 9 N–H and O–H groups in total. The summed E-state index contributed by atoms with van der Waals surface area (Å²) in [6.45, 7) is -0.143. The van der Waals surface area contributed by atoms with Crippen LogP contribution >= 0.6 is 22.7 Å². The van der Waals surface area contributed by atoms with Gasteiger partial charge < -0.3 is 37.4 Å². The van der Waals surface area contributed by atoms with Crippen molar-refractivity contribution in [1.82, 2.24) is 26.6 Å². The van der Waals surface area contributed by atoms with Gasteiger partial charge in [0.25, 0.3) is 11.8 Å². The molecule has 4 amide bonds. The summed E-state index contributed by atoms with van der Waals surface area (Å²) in [5, 5.41) is 31.4. The van der Waals surface area contributed by atoms with Gasteiger partial charge in [-0.2, -0.15) is 0 Å². The van der Waals surface area contributed by atoms with E-state index in [0.29, 0.717) is 22.7 Å². The molecule has 0 aliphatic carbocycles. The monoisotopic (exact) mass is 665 g/mol. The summed E-state index contributed by atoms with van der Waals surface area (Å²) in [6.07, 6.45) is 1.10. The molecule has 2 heterocycles. The molecule has 2 aromatic heterocycles. The molecule has 13 nitrogen and oxygen atoms in total. The summed E-state index contributed by atoms with van der Waals surface area (Å²) in [5.41, 5.74) is 5.35. The van der Waals surface area contributed by atoms with Gasteiger partial charge in [0.05, 0.1) is 9.75 Å². The van der Waals surface area contributed by atoms with Crippen molar-refractivity contribution in [2.24, 2.45) is 5.73 Å². The van der Waals surface area contributed by atoms with Gasteiger partial charge in [-0.25, -0.2) is 0 Å². The number of carbonyl (C=O) groups is 5. The minimum absolute atomic E-state index is 0.115. The first-order valence-electron chi connectivity index (χ1n) is 14.5. The fourth-order valence-electron chi connectivity index (χ4n) is 4.64. The average molecular weight is 666 g/mol. The number of rotatable bonds is 16. The van der Waals surface area contributed by atoms with Crippen LogP contribution in [0.1, 0.15) is 45.0 Å². The number of nitrogens with two attached hydrogens (primary N) is 1. The van der Waals surface area contributed by atoms with E-state index in [0.717, 1.165) is 20.2 Å². The molecule has 0 bridgehead atoms. The van der Waals surface area contributed by atoms with Crippen LogP contribution in [0, 0.1) is 5.41 Å². The van der Waals surface area contributed by atoms with Gasteiger partial charge in [0, 0.05) is 22.5 Å². The summed E-state index contributed by atoms with van der Waals surface area (Å²) in [4.78, 5) is 63.9. The van der Waals surface area contributed by atoms with Crippen LogP contribution in [0.2, 0.25) is 0 Å². The molecule has 0 saturated carbocycles. The van der Waals surface area contributed by atoms with E-state index in [2.05, 4.69) is 26.6 Å². The zero-order chi connectivity index (χ0) is 33.1. The molecule has 4 rings (SSSR count). The molecule has 0 aliphatic heterocycles. The van der Waals surface area contributed by atoms with Gasteiger partial charge in [0.15, 0.2) is 5.96 Å². The van der Waals surface area contributed by atoms with Crippen molar-refractivity contribution < 1.29 is 29.1 Å². The summed E-state index contributed by atoms with van der Waals surface area (Å²) in [7, 11) is 0. The maximum absolute atomic E-state index is 13.2. The first-order chi connectivity index (χ1) is 22.1. The number of thiophene rings is 2. The molecular formula is C31H35N7O6S2. The topological polar surface area (TPSA) is 216 Å². The summed E-state index contributed by atoms with van der Waals surface area (Å²) in [6, 6.07) is 16.6. The van der Waals surface area contributed by atoms with E-state index in [1.165, 1.54) is 22.7 Å². The maximum atomic E-state index is 13.2. The number of nitrogens with one attached hydrogen (secondary N) is 6. The maximum Gasteiger partial charge on any atom is 0.322 e. The van der Waals surface area contributed by atoms with Crippen LogP contribution in [-0.2, 0) is 14.4 Å². The molecule has 2 unspecified atom stereocenters. The Balaban J connectivity index is 1.36. The van der Waals surface area contributed by atoms with E-state index in [1.807, 2.05) is 48.5 Å². The molecule has 0 fully saturated rings. The Labute approximate surface area is 272 Å². The van der Waals surface area contributed by atoms with E-state index >= 15 is 0 Å². The third-order valence-electron chi connectivity index (χ3n) is 6.91. The minimum Gasteiger partial charge on any atom is -0.480 e. The standard InChI is InChI=1S/C31H35N7O6S2/c32-31(33)35-14-6-10-20(37-29(43)24-15-18-7-1-3-11-22(18)45-24)27(41)34-13-5-9-21(28(42)36-17-26(39)40)38-30(44)25-16-19-8-2-4-12-23(19)46-25/h1-4,7-8,11-12,15-16,20-21H,5-6,9-10,13-14,17H2,(H,34,41)(H,36,42)(H,37,43)(H,38,44)(H,39,40)(H4,32,33,35). The van der Waals surface area contributed by atoms with Crippen molar-refractivity contribution in [2.75, 3.05) is 19.6 Å². The second-order valence-electron chi connectivity index (χ2n) is 10.4. The number of hydrogen-bond donors (Lipinski definition) is 8. The van der Waals surface area contributed by atoms with Gasteiger partial charge in [0.1, 0.15) is 18.6 Å². The van der Waals surface area contributed by atoms with Crippen LogP contribution < -0.4 is 32.3 Å². The molecule has 4 aromatic rings. The average Bonchev–Trinajstić information content (AvgIpc) is 3.67. The second-order valence-corrected chi connectivity index (χ2v) is 12.5. The van der Waals surface area contributed by atoms with Crippen LogP contribution in [0.4, 0.5) is 0 Å². The smallest absolute Gasteiger partial charge is 0.322 e. The quantitative estimate of drug-likeness (QED) is 0.0504. The summed E-state index contributed by atoms with van der Waals surface area (Å²) in [5.74, 6) is -3.37. The Morgan fingerprint density at radius 2 is 1.17 bits per heavy atom. The largest absolute Gasteiger partial charge is 0.480 e. The van der Waals surface area contributed by atoms with Gasteiger partial charge in [-0.3, -0.25) is 29.4 Å². The predicted molar refractivity (Wildman–Crippen MR) is 178 cm³/mol. The first-order valence-corrected chi connectivity index (χ1v) is 16.2. The molecule has 2 aromatic carbocycles. The fraction of sp³-hybridized carbons (Fsp3) is 0.290. The van der Waals surface area contributed by atoms with Gasteiger partial charge >= 0.3 is 5.97 Å². The Morgan fingerprint density at radius 3 is 1.63 bits per heavy atom. The van der Waals surface area contributed by atoms with Crippen molar-refractivity contribution in [2.45, 2.75) is 37.8 Å². The Hall–Kier alpha value is -5.02. The van der Waals surface area contributed by atoms with E-state index in [4.69, 9.17) is 16.2 Å². The second kappa shape index (κ2) is 16.3. The number of carboxylic acid groups (broad SMARTS) is 1. The van der Waals surface area contributed by atoms with E-state index in [9.17, 15) is 24.0 Å². The number of fused-ring (bicyclic) bond motifs is 2. The number of aliphatic carboxylic acids is 1.